The number of rotatable bonds is 14. The van der Waals surface area contributed by atoms with Crippen molar-refractivity contribution in [2.75, 3.05) is 12.0 Å². The summed E-state index contributed by atoms with van der Waals surface area (Å²) in [7, 11) is 0. The Labute approximate surface area is 196 Å². The minimum atomic E-state index is -1.23. The molecule has 0 saturated carbocycles. The van der Waals surface area contributed by atoms with E-state index in [4.69, 9.17) is 5.73 Å². The molecule has 0 radical (unpaired) electrons. The molecule has 33 heavy (non-hydrogen) atoms. The Morgan fingerprint density at radius 2 is 1.73 bits per heavy atom. The molecular formula is C20H34N6O6S. The lowest BCUT2D eigenvalue weighted by Crippen LogP contribution is -2.59. The molecule has 1 rings (SSSR count). The third-order valence-corrected chi connectivity index (χ3v) is 5.55. The van der Waals surface area contributed by atoms with Gasteiger partial charge in [-0.05, 0) is 31.3 Å². The number of thioether (sulfide) groups is 1. The van der Waals surface area contributed by atoms with Gasteiger partial charge >= 0.3 is 5.97 Å². The van der Waals surface area contributed by atoms with Crippen LogP contribution >= 0.6 is 11.8 Å². The Morgan fingerprint density at radius 1 is 1.09 bits per heavy atom. The Balaban J connectivity index is 2.93. The number of nitrogens with one attached hydrogen (secondary N) is 4. The molecule has 1 aromatic heterocycles. The zero-order valence-electron chi connectivity index (χ0n) is 19.2. The number of hydrogen-bond acceptors (Lipinski definition) is 8. The number of carbonyl (C=O) groups excluding carboxylic acids is 3. The van der Waals surface area contributed by atoms with Crippen LogP contribution in [0.5, 0.6) is 0 Å². The summed E-state index contributed by atoms with van der Waals surface area (Å²) < 4.78 is 0. The van der Waals surface area contributed by atoms with Gasteiger partial charge in [-0.2, -0.15) is 11.8 Å². The number of carbonyl (C=O) groups is 4. The van der Waals surface area contributed by atoms with Crippen LogP contribution in [0, 0.1) is 5.92 Å². The summed E-state index contributed by atoms with van der Waals surface area (Å²) in [5.41, 5.74) is 6.17. The zero-order chi connectivity index (χ0) is 25.1. The average Bonchev–Trinajstić information content (AvgIpc) is 3.26. The van der Waals surface area contributed by atoms with E-state index in [1.807, 2.05) is 6.26 Å². The van der Waals surface area contributed by atoms with Gasteiger partial charge in [-0.15, -0.1) is 0 Å². The fourth-order valence-corrected chi connectivity index (χ4v) is 3.33. The van der Waals surface area contributed by atoms with E-state index < -0.39 is 54.0 Å². The number of carboxylic acid groups (broad SMARTS) is 1. The summed E-state index contributed by atoms with van der Waals surface area (Å²) in [4.78, 5) is 56.3. The van der Waals surface area contributed by atoms with Gasteiger partial charge in [-0.25, -0.2) is 9.78 Å². The van der Waals surface area contributed by atoms with E-state index >= 15 is 0 Å². The molecule has 1 aromatic rings. The van der Waals surface area contributed by atoms with Crippen LogP contribution in [0.3, 0.4) is 0 Å². The summed E-state index contributed by atoms with van der Waals surface area (Å²) in [5, 5.41) is 26.6. The normalized spacial score (nSPS) is 15.7. The highest BCUT2D eigenvalue weighted by Gasteiger charge is 2.32. The molecule has 1 heterocycles. The van der Waals surface area contributed by atoms with Crippen molar-refractivity contribution in [2.45, 2.75) is 63.9 Å². The first kappa shape index (κ1) is 28.4. The molecule has 0 aromatic carbocycles. The molecule has 12 nitrogen and oxygen atoms in total. The monoisotopic (exact) mass is 486 g/mol. The number of aromatic amines is 1. The smallest absolute Gasteiger partial charge is 0.326 e. The molecule has 8 N–H and O–H groups in total. The van der Waals surface area contributed by atoms with E-state index in [1.165, 1.54) is 31.2 Å². The largest absolute Gasteiger partial charge is 0.480 e. The number of aliphatic hydroxyl groups excluding tert-OH is 1. The van der Waals surface area contributed by atoms with Gasteiger partial charge in [0.25, 0.3) is 0 Å². The van der Waals surface area contributed by atoms with Crippen molar-refractivity contribution < 1.29 is 29.4 Å². The third-order valence-electron chi connectivity index (χ3n) is 4.91. The van der Waals surface area contributed by atoms with Crippen LogP contribution in [-0.4, -0.2) is 86.2 Å². The molecule has 5 unspecified atom stereocenters. The Bertz CT molecular complexity index is 788. The second kappa shape index (κ2) is 13.8. The molecule has 186 valence electrons. The van der Waals surface area contributed by atoms with E-state index in [1.54, 1.807) is 13.8 Å². The number of imidazole rings is 1. The molecule has 0 spiro atoms. The first-order valence-electron chi connectivity index (χ1n) is 10.5. The van der Waals surface area contributed by atoms with Crippen molar-refractivity contribution in [1.29, 1.82) is 0 Å². The molecule has 3 amide bonds. The molecule has 0 aliphatic rings. The van der Waals surface area contributed by atoms with Crippen LogP contribution in [0.4, 0.5) is 0 Å². The van der Waals surface area contributed by atoms with Gasteiger partial charge in [0.15, 0.2) is 0 Å². The number of nitrogens with two attached hydrogens (primary N) is 1. The van der Waals surface area contributed by atoms with Crippen molar-refractivity contribution in [3.05, 3.63) is 18.2 Å². The summed E-state index contributed by atoms with van der Waals surface area (Å²) in [6.45, 7) is 4.78. The minimum Gasteiger partial charge on any atom is -0.480 e. The molecule has 13 heteroatoms. The SMILES string of the molecule is CSCCC(NC(=O)C(NC(=O)C(N)C(C)O)C(C)C)C(=O)NC(Cc1cnc[nH]1)C(=O)O. The number of amides is 3. The van der Waals surface area contributed by atoms with E-state index in [9.17, 15) is 29.4 Å². The predicted octanol–water partition coefficient (Wildman–Crippen LogP) is -1.39. The van der Waals surface area contributed by atoms with Crippen molar-refractivity contribution >= 4 is 35.5 Å². The molecule has 0 fully saturated rings. The minimum absolute atomic E-state index is 0.00776. The lowest BCUT2D eigenvalue weighted by molar-refractivity contribution is -0.142. The third kappa shape index (κ3) is 9.40. The number of aliphatic carboxylic acids is 1. The summed E-state index contributed by atoms with van der Waals surface area (Å²) in [6, 6.07) is -4.46. The van der Waals surface area contributed by atoms with E-state index in [0.29, 0.717) is 11.4 Å². The molecule has 0 saturated heterocycles. The van der Waals surface area contributed by atoms with Crippen molar-refractivity contribution in [3.63, 3.8) is 0 Å². The van der Waals surface area contributed by atoms with Crippen LogP contribution in [-0.2, 0) is 25.6 Å². The Hall–Kier alpha value is -2.64. The number of aliphatic hydroxyl groups is 1. The van der Waals surface area contributed by atoms with Gasteiger partial charge in [0, 0.05) is 18.3 Å². The van der Waals surface area contributed by atoms with Gasteiger partial charge in [-0.3, -0.25) is 14.4 Å². The highest BCUT2D eigenvalue weighted by molar-refractivity contribution is 7.98. The maximum absolute atomic E-state index is 12.9. The summed E-state index contributed by atoms with van der Waals surface area (Å²) in [5.74, 6) is -3.01. The molecule has 0 aliphatic heterocycles. The molecule has 0 aliphatic carbocycles. The van der Waals surface area contributed by atoms with Gasteiger partial charge in [0.05, 0.1) is 12.4 Å². The zero-order valence-corrected chi connectivity index (χ0v) is 20.0. The second-order valence-electron chi connectivity index (χ2n) is 8.02. The van der Waals surface area contributed by atoms with Crippen molar-refractivity contribution in [2.24, 2.45) is 11.7 Å². The van der Waals surface area contributed by atoms with Gasteiger partial charge < -0.3 is 36.9 Å². The number of H-pyrrole nitrogens is 1. The summed E-state index contributed by atoms with van der Waals surface area (Å²) >= 11 is 1.46. The average molecular weight is 487 g/mol. The fourth-order valence-electron chi connectivity index (χ4n) is 2.86. The first-order valence-corrected chi connectivity index (χ1v) is 11.9. The quantitative estimate of drug-likeness (QED) is 0.165. The standard InChI is InChI=1S/C20H34N6O6S/c1-10(2)16(26-18(29)15(21)11(3)27)19(30)24-13(5-6-33-4)17(28)25-14(20(31)32)7-12-8-22-9-23-12/h8-11,13-16,27H,5-7,21H2,1-4H3,(H,22,23)(H,24,30)(H,25,28)(H,26,29)(H,31,32). The number of hydrogen-bond donors (Lipinski definition) is 7. The molecule has 0 bridgehead atoms. The second-order valence-corrected chi connectivity index (χ2v) is 9.01. The van der Waals surface area contributed by atoms with Crippen LogP contribution in [0.2, 0.25) is 0 Å². The lowest BCUT2D eigenvalue weighted by atomic mass is 10.0. The molecular weight excluding hydrogens is 452 g/mol. The predicted molar refractivity (Wildman–Crippen MR) is 123 cm³/mol. The fraction of sp³-hybridized carbons (Fsp3) is 0.650. The van der Waals surface area contributed by atoms with Crippen LogP contribution in [0.1, 0.15) is 32.9 Å². The molecule has 5 atom stereocenters. The number of aromatic nitrogens is 2. The van der Waals surface area contributed by atoms with Crippen LogP contribution in [0.15, 0.2) is 12.5 Å². The highest BCUT2D eigenvalue weighted by atomic mass is 32.2. The van der Waals surface area contributed by atoms with Crippen LogP contribution < -0.4 is 21.7 Å². The Morgan fingerprint density at radius 3 is 2.21 bits per heavy atom. The maximum Gasteiger partial charge on any atom is 0.326 e. The van der Waals surface area contributed by atoms with Gasteiger partial charge in [0.2, 0.25) is 17.7 Å². The van der Waals surface area contributed by atoms with E-state index in [-0.39, 0.29) is 18.8 Å². The Kier molecular flexibility index (Phi) is 11.9. The van der Waals surface area contributed by atoms with Crippen LogP contribution in [0.25, 0.3) is 0 Å². The summed E-state index contributed by atoms with van der Waals surface area (Å²) in [6.07, 6.45) is 3.84. The van der Waals surface area contributed by atoms with E-state index in [2.05, 4.69) is 25.9 Å². The van der Waals surface area contributed by atoms with E-state index in [0.717, 1.165) is 0 Å². The number of nitrogens with zero attached hydrogens (tertiary/aromatic N) is 1. The topological polar surface area (TPSA) is 200 Å². The lowest BCUT2D eigenvalue weighted by Gasteiger charge is -2.27. The highest BCUT2D eigenvalue weighted by Crippen LogP contribution is 2.08. The maximum atomic E-state index is 12.9. The number of carboxylic acids is 1. The van der Waals surface area contributed by atoms with Gasteiger partial charge in [-0.1, -0.05) is 13.8 Å². The van der Waals surface area contributed by atoms with Gasteiger partial charge in [0.1, 0.15) is 24.2 Å². The van der Waals surface area contributed by atoms with Crippen molar-refractivity contribution in [3.8, 4) is 0 Å². The van der Waals surface area contributed by atoms with Crippen molar-refractivity contribution in [1.82, 2.24) is 25.9 Å². The first-order chi connectivity index (χ1) is 15.5.